The first-order chi connectivity index (χ1) is 11.0. The summed E-state index contributed by atoms with van der Waals surface area (Å²) in [4.78, 5) is 24.6. The van der Waals surface area contributed by atoms with Gasteiger partial charge in [0.1, 0.15) is 0 Å². The smallest absolute Gasteiger partial charge is 0.307 e. The molecular weight excluding hydrogens is 294 g/mol. The number of nitrogens with one attached hydrogen (secondary N) is 1. The molecule has 5 heteroatoms. The normalized spacial score (nSPS) is 41.7. The third-order valence-corrected chi connectivity index (χ3v) is 5.87. The summed E-state index contributed by atoms with van der Waals surface area (Å²) in [5, 5.41) is 22.2. The van der Waals surface area contributed by atoms with E-state index in [2.05, 4.69) is 11.9 Å². The predicted molar refractivity (Wildman–Crippen MR) is 85.5 cm³/mol. The zero-order valence-corrected chi connectivity index (χ0v) is 13.3. The molecule has 3 N–H and O–H groups in total. The lowest BCUT2D eigenvalue weighted by molar-refractivity contribution is -0.149. The van der Waals surface area contributed by atoms with E-state index in [1.54, 1.807) is 6.08 Å². The van der Waals surface area contributed by atoms with Crippen LogP contribution >= 0.6 is 0 Å². The van der Waals surface area contributed by atoms with Gasteiger partial charge in [0.15, 0.2) is 0 Å². The van der Waals surface area contributed by atoms with E-state index in [0.717, 1.165) is 19.3 Å². The Morgan fingerprint density at radius 2 is 2.00 bits per heavy atom. The number of carbonyl (C=O) groups excluding carboxylic acids is 1. The lowest BCUT2D eigenvalue weighted by Gasteiger charge is -2.35. The molecule has 0 aliphatic heterocycles. The Hall–Kier alpha value is -1.62. The molecule has 3 aliphatic carbocycles. The van der Waals surface area contributed by atoms with Crippen LogP contribution < -0.4 is 5.32 Å². The van der Waals surface area contributed by atoms with Crippen LogP contribution in [0.25, 0.3) is 0 Å². The van der Waals surface area contributed by atoms with E-state index in [1.807, 2.05) is 12.2 Å². The Kier molecular flexibility index (Phi) is 4.32. The Morgan fingerprint density at radius 1 is 1.30 bits per heavy atom. The SMILES string of the molecule is C=CCC12C=CC(C1)C(C(=O)O)C2C(=O)NC1CCC(O)CC1. The van der Waals surface area contributed by atoms with Gasteiger partial charge < -0.3 is 15.5 Å². The fourth-order valence-corrected chi connectivity index (χ4v) is 4.78. The van der Waals surface area contributed by atoms with Crippen LogP contribution in [0.15, 0.2) is 24.8 Å². The number of hydrogen-bond acceptors (Lipinski definition) is 3. The van der Waals surface area contributed by atoms with E-state index in [-0.39, 0.29) is 24.0 Å². The van der Waals surface area contributed by atoms with Gasteiger partial charge >= 0.3 is 5.97 Å². The zero-order valence-electron chi connectivity index (χ0n) is 13.3. The van der Waals surface area contributed by atoms with E-state index < -0.39 is 23.2 Å². The van der Waals surface area contributed by atoms with Crippen LogP contribution in [-0.2, 0) is 9.59 Å². The second-order valence-corrected chi connectivity index (χ2v) is 7.31. The van der Waals surface area contributed by atoms with Crippen molar-refractivity contribution in [3.8, 4) is 0 Å². The fraction of sp³-hybridized carbons (Fsp3) is 0.667. The number of carboxylic acid groups (broad SMARTS) is 1. The predicted octanol–water partition coefficient (Wildman–Crippen LogP) is 1.88. The minimum absolute atomic E-state index is 0.0456. The number of allylic oxidation sites excluding steroid dienone is 3. The van der Waals surface area contributed by atoms with Crippen molar-refractivity contribution in [1.29, 1.82) is 0 Å². The van der Waals surface area contributed by atoms with Crippen molar-refractivity contribution in [1.82, 2.24) is 5.32 Å². The van der Waals surface area contributed by atoms with Crippen LogP contribution in [0.4, 0.5) is 0 Å². The van der Waals surface area contributed by atoms with Gasteiger partial charge in [0.25, 0.3) is 0 Å². The first-order valence-corrected chi connectivity index (χ1v) is 8.48. The van der Waals surface area contributed by atoms with Gasteiger partial charge in [-0.2, -0.15) is 0 Å². The Labute approximate surface area is 136 Å². The van der Waals surface area contributed by atoms with Gasteiger partial charge in [-0.3, -0.25) is 9.59 Å². The van der Waals surface area contributed by atoms with Crippen molar-refractivity contribution in [2.24, 2.45) is 23.2 Å². The van der Waals surface area contributed by atoms with Gasteiger partial charge in [-0.25, -0.2) is 0 Å². The number of hydrogen-bond donors (Lipinski definition) is 3. The maximum absolute atomic E-state index is 12.9. The van der Waals surface area contributed by atoms with Gasteiger partial charge in [0.05, 0.1) is 17.9 Å². The summed E-state index contributed by atoms with van der Waals surface area (Å²) >= 11 is 0. The Balaban J connectivity index is 1.77. The molecule has 2 fully saturated rings. The van der Waals surface area contributed by atoms with Crippen LogP contribution in [-0.4, -0.2) is 34.2 Å². The molecule has 3 aliphatic rings. The van der Waals surface area contributed by atoms with E-state index in [1.165, 1.54) is 0 Å². The number of amides is 1. The highest BCUT2D eigenvalue weighted by Crippen LogP contribution is 2.58. The standard InChI is InChI=1S/C18H25NO4/c1-2-8-18-9-7-11(10-18)14(17(22)23)15(18)16(21)19-12-3-5-13(20)6-4-12/h2,7,9,11-15,20H,1,3-6,8,10H2,(H,19,21)(H,22,23). The monoisotopic (exact) mass is 319 g/mol. The van der Waals surface area contributed by atoms with Crippen LogP contribution in [0.5, 0.6) is 0 Å². The maximum atomic E-state index is 12.9. The lowest BCUT2D eigenvalue weighted by Crippen LogP contribution is -2.48. The first-order valence-electron chi connectivity index (χ1n) is 8.48. The third kappa shape index (κ3) is 2.82. The summed E-state index contributed by atoms with van der Waals surface area (Å²) in [5.74, 6) is -2.26. The quantitative estimate of drug-likeness (QED) is 0.675. The molecule has 0 saturated heterocycles. The van der Waals surface area contributed by atoms with Crippen molar-refractivity contribution in [2.45, 2.75) is 50.7 Å². The summed E-state index contributed by atoms with van der Waals surface area (Å²) in [6.45, 7) is 3.78. The topological polar surface area (TPSA) is 86.6 Å². The average Bonchev–Trinajstić information content (AvgIpc) is 3.05. The molecule has 0 aromatic rings. The number of carbonyl (C=O) groups is 2. The molecule has 3 rings (SSSR count). The second kappa shape index (κ2) is 6.11. The Bertz CT molecular complexity index is 535. The minimum atomic E-state index is -0.885. The van der Waals surface area contributed by atoms with Gasteiger partial charge in [0, 0.05) is 11.5 Å². The van der Waals surface area contributed by atoms with Crippen molar-refractivity contribution in [3.05, 3.63) is 24.8 Å². The fourth-order valence-electron chi connectivity index (χ4n) is 4.78. The summed E-state index contributed by atoms with van der Waals surface area (Å²) in [6, 6.07) is 0.0456. The summed E-state index contributed by atoms with van der Waals surface area (Å²) in [6.07, 6.45) is 9.76. The van der Waals surface area contributed by atoms with E-state index in [4.69, 9.17) is 0 Å². The molecule has 0 aromatic carbocycles. The van der Waals surface area contributed by atoms with Crippen LogP contribution in [0, 0.1) is 23.2 Å². The molecule has 126 valence electrons. The van der Waals surface area contributed by atoms with Gasteiger partial charge in [-0.15, -0.1) is 6.58 Å². The van der Waals surface area contributed by atoms with Crippen molar-refractivity contribution in [3.63, 3.8) is 0 Å². The highest BCUT2D eigenvalue weighted by molar-refractivity contribution is 5.87. The third-order valence-electron chi connectivity index (χ3n) is 5.87. The average molecular weight is 319 g/mol. The van der Waals surface area contributed by atoms with E-state index >= 15 is 0 Å². The summed E-state index contributed by atoms with van der Waals surface area (Å²) in [7, 11) is 0. The molecule has 5 nitrogen and oxygen atoms in total. The largest absolute Gasteiger partial charge is 0.481 e. The second-order valence-electron chi connectivity index (χ2n) is 7.31. The molecule has 0 spiro atoms. The Morgan fingerprint density at radius 3 is 2.61 bits per heavy atom. The molecule has 0 radical (unpaired) electrons. The molecule has 2 bridgehead atoms. The highest BCUT2D eigenvalue weighted by atomic mass is 16.4. The number of aliphatic carboxylic acids is 1. The minimum Gasteiger partial charge on any atom is -0.481 e. The van der Waals surface area contributed by atoms with Crippen molar-refractivity contribution < 1.29 is 19.8 Å². The molecule has 0 heterocycles. The van der Waals surface area contributed by atoms with Crippen LogP contribution in [0.1, 0.15) is 38.5 Å². The summed E-state index contributed by atoms with van der Waals surface area (Å²) < 4.78 is 0. The zero-order chi connectivity index (χ0) is 16.6. The molecule has 1 amide bonds. The van der Waals surface area contributed by atoms with Crippen LogP contribution in [0.2, 0.25) is 0 Å². The maximum Gasteiger partial charge on any atom is 0.307 e. The summed E-state index contributed by atoms with van der Waals surface area (Å²) in [5.41, 5.74) is -0.395. The van der Waals surface area contributed by atoms with E-state index in [0.29, 0.717) is 19.3 Å². The van der Waals surface area contributed by atoms with Crippen LogP contribution in [0.3, 0.4) is 0 Å². The number of rotatable bonds is 5. The van der Waals surface area contributed by atoms with Gasteiger partial charge in [-0.05, 0) is 44.4 Å². The number of fused-ring (bicyclic) bond motifs is 2. The molecule has 23 heavy (non-hydrogen) atoms. The molecule has 2 saturated carbocycles. The molecular formula is C18H25NO4. The highest BCUT2D eigenvalue weighted by Gasteiger charge is 2.59. The number of aliphatic hydroxyl groups excluding tert-OH is 1. The van der Waals surface area contributed by atoms with Gasteiger partial charge in [0.2, 0.25) is 5.91 Å². The molecule has 4 unspecified atom stereocenters. The number of aliphatic hydroxyl groups is 1. The first kappa shape index (κ1) is 16.2. The van der Waals surface area contributed by atoms with Gasteiger partial charge in [-0.1, -0.05) is 18.2 Å². The van der Waals surface area contributed by atoms with Crippen molar-refractivity contribution in [2.75, 3.05) is 0 Å². The van der Waals surface area contributed by atoms with Crippen molar-refractivity contribution >= 4 is 11.9 Å². The number of carboxylic acids is 1. The van der Waals surface area contributed by atoms with E-state index in [9.17, 15) is 19.8 Å². The molecule has 4 atom stereocenters. The lowest BCUT2D eigenvalue weighted by atomic mass is 9.71. The molecule has 0 aromatic heterocycles.